The average Bonchev–Trinajstić information content (AvgIpc) is 2.35. The van der Waals surface area contributed by atoms with Crippen molar-refractivity contribution in [1.29, 1.82) is 0 Å². The van der Waals surface area contributed by atoms with Crippen molar-refractivity contribution in [2.45, 2.75) is 13.3 Å². The molecule has 0 saturated heterocycles. The molecule has 0 heterocycles. The normalized spacial score (nSPS) is 11.7. The van der Waals surface area contributed by atoms with Crippen molar-refractivity contribution in [3.63, 3.8) is 0 Å². The van der Waals surface area contributed by atoms with Crippen LogP contribution in [0.3, 0.4) is 0 Å². The van der Waals surface area contributed by atoms with Crippen LogP contribution < -0.4 is 10.2 Å². The van der Waals surface area contributed by atoms with Gasteiger partial charge >= 0.3 is 12.0 Å². The van der Waals surface area contributed by atoms with Gasteiger partial charge in [-0.15, -0.1) is 0 Å². The molecule has 0 saturated carbocycles. The van der Waals surface area contributed by atoms with Gasteiger partial charge < -0.3 is 10.4 Å². The quantitative estimate of drug-likeness (QED) is 0.839. The molecular formula is C13H18N2O3. The number of amides is 2. The number of carbonyl (C=O) groups is 2. The van der Waals surface area contributed by atoms with Crippen LogP contribution in [0.25, 0.3) is 0 Å². The van der Waals surface area contributed by atoms with E-state index < -0.39 is 5.97 Å². The van der Waals surface area contributed by atoms with E-state index in [-0.39, 0.29) is 18.4 Å². The molecule has 1 rings (SSSR count). The third-order valence-corrected chi connectivity index (χ3v) is 2.57. The molecule has 0 aliphatic heterocycles. The van der Waals surface area contributed by atoms with Crippen LogP contribution in [0, 0.1) is 5.92 Å². The van der Waals surface area contributed by atoms with Crippen LogP contribution in [0.5, 0.6) is 0 Å². The van der Waals surface area contributed by atoms with E-state index in [4.69, 9.17) is 5.11 Å². The minimum atomic E-state index is -0.854. The highest BCUT2D eigenvalue weighted by Gasteiger charge is 2.12. The summed E-state index contributed by atoms with van der Waals surface area (Å²) < 4.78 is 0. The molecular weight excluding hydrogens is 232 g/mol. The highest BCUT2D eigenvalue weighted by molar-refractivity contribution is 5.91. The summed E-state index contributed by atoms with van der Waals surface area (Å²) in [5.41, 5.74) is 0.792. The molecule has 1 unspecified atom stereocenters. The smallest absolute Gasteiger partial charge is 0.321 e. The standard InChI is InChI=1S/C13H18N2O3/c1-10(8-12(16)17)9-14-13(18)15(2)11-6-4-3-5-7-11/h3-7,10H,8-9H2,1-2H3,(H,14,18)(H,16,17). The molecule has 1 aromatic carbocycles. The van der Waals surface area contributed by atoms with Crippen LogP contribution in [0.1, 0.15) is 13.3 Å². The van der Waals surface area contributed by atoms with Gasteiger partial charge in [-0.1, -0.05) is 25.1 Å². The third kappa shape index (κ3) is 4.45. The molecule has 0 aliphatic rings. The number of benzene rings is 1. The van der Waals surface area contributed by atoms with Crippen molar-refractivity contribution in [1.82, 2.24) is 5.32 Å². The first-order valence-electron chi connectivity index (χ1n) is 5.79. The van der Waals surface area contributed by atoms with E-state index in [9.17, 15) is 9.59 Å². The Kier molecular flexibility index (Phi) is 5.17. The van der Waals surface area contributed by atoms with Crippen molar-refractivity contribution < 1.29 is 14.7 Å². The van der Waals surface area contributed by atoms with Crippen molar-refractivity contribution in [3.8, 4) is 0 Å². The van der Waals surface area contributed by atoms with Gasteiger partial charge in [-0.25, -0.2) is 4.79 Å². The highest BCUT2D eigenvalue weighted by Crippen LogP contribution is 2.10. The molecule has 1 aromatic rings. The zero-order valence-corrected chi connectivity index (χ0v) is 10.6. The fourth-order valence-corrected chi connectivity index (χ4v) is 1.52. The van der Waals surface area contributed by atoms with Crippen molar-refractivity contribution in [2.24, 2.45) is 5.92 Å². The minimum Gasteiger partial charge on any atom is -0.481 e. The zero-order valence-electron chi connectivity index (χ0n) is 10.6. The van der Waals surface area contributed by atoms with E-state index in [2.05, 4.69) is 5.32 Å². The van der Waals surface area contributed by atoms with Gasteiger partial charge in [0.1, 0.15) is 0 Å². The van der Waals surface area contributed by atoms with Gasteiger partial charge in [-0.3, -0.25) is 9.69 Å². The summed E-state index contributed by atoms with van der Waals surface area (Å²) >= 11 is 0. The number of carbonyl (C=O) groups excluding carboxylic acids is 1. The van der Waals surface area contributed by atoms with Gasteiger partial charge in [0.25, 0.3) is 0 Å². The van der Waals surface area contributed by atoms with Gasteiger partial charge in [0.05, 0.1) is 0 Å². The molecule has 0 radical (unpaired) electrons. The largest absolute Gasteiger partial charge is 0.481 e. The first-order chi connectivity index (χ1) is 8.50. The summed E-state index contributed by atoms with van der Waals surface area (Å²) in [6.45, 7) is 2.14. The lowest BCUT2D eigenvalue weighted by atomic mass is 10.1. The van der Waals surface area contributed by atoms with Gasteiger partial charge in [0.15, 0.2) is 0 Å². The van der Waals surface area contributed by atoms with E-state index in [1.165, 1.54) is 4.90 Å². The zero-order chi connectivity index (χ0) is 13.5. The molecule has 0 aliphatic carbocycles. The molecule has 5 nitrogen and oxygen atoms in total. The second-order valence-electron chi connectivity index (χ2n) is 4.28. The van der Waals surface area contributed by atoms with Crippen LogP contribution in [-0.4, -0.2) is 30.7 Å². The summed E-state index contributed by atoms with van der Waals surface area (Å²) in [6.07, 6.45) is 0.0509. The maximum Gasteiger partial charge on any atom is 0.321 e. The summed E-state index contributed by atoms with van der Waals surface area (Å²) in [5.74, 6) is -0.941. The maximum absolute atomic E-state index is 11.8. The van der Waals surface area contributed by atoms with E-state index in [0.717, 1.165) is 5.69 Å². The van der Waals surface area contributed by atoms with Gasteiger partial charge in [0.2, 0.25) is 0 Å². The Balaban J connectivity index is 2.44. The lowest BCUT2D eigenvalue weighted by Gasteiger charge is -2.19. The number of nitrogens with zero attached hydrogens (tertiary/aromatic N) is 1. The number of hydrogen-bond acceptors (Lipinski definition) is 2. The lowest BCUT2D eigenvalue weighted by molar-refractivity contribution is -0.137. The van der Waals surface area contributed by atoms with Crippen LogP contribution in [0.4, 0.5) is 10.5 Å². The maximum atomic E-state index is 11.8. The average molecular weight is 250 g/mol. The number of rotatable bonds is 5. The number of carboxylic acid groups (broad SMARTS) is 1. The number of nitrogens with one attached hydrogen (secondary N) is 1. The molecule has 0 aromatic heterocycles. The molecule has 98 valence electrons. The molecule has 1 atom stereocenters. The van der Waals surface area contributed by atoms with Crippen molar-refractivity contribution in [2.75, 3.05) is 18.5 Å². The van der Waals surface area contributed by atoms with E-state index in [1.807, 2.05) is 30.3 Å². The first-order valence-corrected chi connectivity index (χ1v) is 5.79. The van der Waals surface area contributed by atoms with Crippen LogP contribution in [0.2, 0.25) is 0 Å². The Bertz CT molecular complexity index is 406. The van der Waals surface area contributed by atoms with E-state index in [1.54, 1.807) is 14.0 Å². The predicted molar refractivity (Wildman–Crippen MR) is 69.7 cm³/mol. The first kappa shape index (κ1) is 14.0. The Labute approximate surface area is 106 Å². The second-order valence-corrected chi connectivity index (χ2v) is 4.28. The number of para-hydroxylation sites is 1. The highest BCUT2D eigenvalue weighted by atomic mass is 16.4. The Morgan fingerprint density at radius 2 is 1.94 bits per heavy atom. The topological polar surface area (TPSA) is 69.6 Å². The fourth-order valence-electron chi connectivity index (χ4n) is 1.52. The summed E-state index contributed by atoms with van der Waals surface area (Å²) in [5, 5.41) is 11.3. The van der Waals surface area contributed by atoms with Crippen molar-refractivity contribution in [3.05, 3.63) is 30.3 Å². The summed E-state index contributed by atoms with van der Waals surface area (Å²) in [7, 11) is 1.67. The lowest BCUT2D eigenvalue weighted by Crippen LogP contribution is -2.39. The van der Waals surface area contributed by atoms with Gasteiger partial charge in [-0.2, -0.15) is 0 Å². The number of urea groups is 1. The SMILES string of the molecule is CC(CNC(=O)N(C)c1ccccc1)CC(=O)O. The molecule has 0 spiro atoms. The number of anilines is 1. The predicted octanol–water partition coefficient (Wildman–Crippen LogP) is 1.94. The summed E-state index contributed by atoms with van der Waals surface area (Å²) in [4.78, 5) is 23.8. The molecule has 0 fully saturated rings. The van der Waals surface area contributed by atoms with E-state index >= 15 is 0 Å². The second kappa shape index (κ2) is 6.64. The Morgan fingerprint density at radius 3 is 2.50 bits per heavy atom. The van der Waals surface area contributed by atoms with E-state index in [0.29, 0.717) is 6.54 Å². The molecule has 2 N–H and O–H groups in total. The number of carboxylic acids is 1. The van der Waals surface area contributed by atoms with Gasteiger partial charge in [0, 0.05) is 25.7 Å². The van der Waals surface area contributed by atoms with Crippen molar-refractivity contribution >= 4 is 17.7 Å². The third-order valence-electron chi connectivity index (χ3n) is 2.57. The van der Waals surface area contributed by atoms with Crippen LogP contribution >= 0.6 is 0 Å². The molecule has 2 amide bonds. The molecule has 5 heteroatoms. The summed E-state index contributed by atoms with van der Waals surface area (Å²) in [6, 6.07) is 9.02. The fraction of sp³-hybridized carbons (Fsp3) is 0.385. The Hall–Kier alpha value is -2.04. The molecule has 18 heavy (non-hydrogen) atoms. The van der Waals surface area contributed by atoms with Gasteiger partial charge in [-0.05, 0) is 18.1 Å². The van der Waals surface area contributed by atoms with Crippen LogP contribution in [-0.2, 0) is 4.79 Å². The minimum absolute atomic E-state index is 0.0509. The number of aliphatic carboxylic acids is 1. The number of hydrogen-bond donors (Lipinski definition) is 2. The monoisotopic (exact) mass is 250 g/mol. The van der Waals surface area contributed by atoms with Crippen LogP contribution in [0.15, 0.2) is 30.3 Å². The Morgan fingerprint density at radius 1 is 1.33 bits per heavy atom. The molecule has 0 bridgehead atoms.